The number of nitrogen functional groups attached to an aromatic ring is 1. The zero-order valence-corrected chi connectivity index (χ0v) is 13.7. The summed E-state index contributed by atoms with van der Waals surface area (Å²) < 4.78 is 4.95. The number of aromatic nitrogens is 1. The number of hydrogen-bond donors (Lipinski definition) is 2. The Balaban J connectivity index is 0.000000796. The van der Waals surface area contributed by atoms with E-state index in [4.69, 9.17) is 22.0 Å². The van der Waals surface area contributed by atoms with Crippen LogP contribution in [0.5, 0.6) is 5.75 Å². The number of terminal acetylenes is 1. The lowest BCUT2D eigenvalue weighted by molar-refractivity contribution is 0.0687. The Kier molecular flexibility index (Phi) is 6.80. The first kappa shape index (κ1) is 18.0. The highest BCUT2D eigenvalue weighted by Crippen LogP contribution is 2.19. The Morgan fingerprint density at radius 2 is 2.05 bits per heavy atom. The topological polar surface area (TPSA) is 85.4 Å². The second-order valence-electron chi connectivity index (χ2n) is 5.09. The molecule has 0 atom stereocenters. The number of methoxy groups -OCH3 is 1. The van der Waals surface area contributed by atoms with Crippen molar-refractivity contribution >= 4 is 25.0 Å². The zero-order valence-electron chi connectivity index (χ0n) is 12.7. The van der Waals surface area contributed by atoms with Crippen LogP contribution in [0.15, 0.2) is 6.07 Å². The maximum absolute atomic E-state index is 11.0. The van der Waals surface area contributed by atoms with E-state index in [2.05, 4.69) is 30.5 Å². The standard InChI is InChI=1S/C10H16N2O3Si.C4H6/c1-15-7-5-6(11)9(16(2,3)4)12-8(7)10(13)14;1-3-4-2/h5H,11H2,1-4H3,(H,13,14);1H,4H2,2H3. The van der Waals surface area contributed by atoms with Crippen molar-refractivity contribution in [2.24, 2.45) is 0 Å². The molecule has 20 heavy (non-hydrogen) atoms. The number of ether oxygens (including phenoxy) is 1. The Morgan fingerprint density at radius 3 is 2.35 bits per heavy atom. The fourth-order valence-corrected chi connectivity index (χ4v) is 2.80. The predicted octanol–water partition coefficient (Wildman–Crippen LogP) is 1.95. The molecule has 0 aliphatic carbocycles. The van der Waals surface area contributed by atoms with Crippen LogP contribution in [0.25, 0.3) is 0 Å². The summed E-state index contributed by atoms with van der Waals surface area (Å²) in [6, 6.07) is 1.53. The lowest BCUT2D eigenvalue weighted by Crippen LogP contribution is -2.42. The van der Waals surface area contributed by atoms with E-state index >= 15 is 0 Å². The summed E-state index contributed by atoms with van der Waals surface area (Å²) in [5.41, 5.74) is 6.28. The molecule has 0 radical (unpaired) electrons. The maximum atomic E-state index is 11.0. The van der Waals surface area contributed by atoms with Crippen LogP contribution in [0.2, 0.25) is 19.6 Å². The van der Waals surface area contributed by atoms with Gasteiger partial charge in [0.1, 0.15) is 8.07 Å². The number of hydrogen-bond acceptors (Lipinski definition) is 4. The number of carboxylic acid groups (broad SMARTS) is 1. The van der Waals surface area contributed by atoms with Crippen molar-refractivity contribution in [2.75, 3.05) is 12.8 Å². The molecule has 0 saturated carbocycles. The number of carboxylic acids is 1. The van der Waals surface area contributed by atoms with E-state index < -0.39 is 14.0 Å². The Hall–Kier alpha value is -2.00. The van der Waals surface area contributed by atoms with Crippen LogP contribution in [0.4, 0.5) is 5.69 Å². The molecule has 0 aromatic carbocycles. The minimum Gasteiger partial charge on any atom is -0.494 e. The molecule has 1 heterocycles. The first-order valence-corrected chi connectivity index (χ1v) is 9.70. The van der Waals surface area contributed by atoms with Crippen LogP contribution in [0, 0.1) is 12.3 Å². The molecule has 0 bridgehead atoms. The van der Waals surface area contributed by atoms with Gasteiger partial charge in [-0.1, -0.05) is 26.6 Å². The van der Waals surface area contributed by atoms with Crippen LogP contribution in [-0.2, 0) is 0 Å². The molecule has 6 heteroatoms. The lowest BCUT2D eigenvalue weighted by Gasteiger charge is -2.19. The average molecular weight is 294 g/mol. The molecular formula is C14H22N2O3Si. The molecule has 3 N–H and O–H groups in total. The molecule has 5 nitrogen and oxygen atoms in total. The molecule has 0 saturated heterocycles. The van der Waals surface area contributed by atoms with Crippen molar-refractivity contribution < 1.29 is 14.6 Å². The third-order valence-electron chi connectivity index (χ3n) is 2.35. The highest BCUT2D eigenvalue weighted by Gasteiger charge is 2.25. The summed E-state index contributed by atoms with van der Waals surface area (Å²) in [7, 11) is -0.346. The van der Waals surface area contributed by atoms with Gasteiger partial charge in [0.25, 0.3) is 0 Å². The molecule has 0 fully saturated rings. The summed E-state index contributed by atoms with van der Waals surface area (Å²) >= 11 is 0. The van der Waals surface area contributed by atoms with Crippen LogP contribution in [0.1, 0.15) is 23.8 Å². The van der Waals surface area contributed by atoms with E-state index in [9.17, 15) is 4.79 Å². The zero-order chi connectivity index (χ0) is 15.9. The van der Waals surface area contributed by atoms with Gasteiger partial charge < -0.3 is 15.6 Å². The minimum atomic E-state index is -1.75. The van der Waals surface area contributed by atoms with Gasteiger partial charge in [-0.15, -0.1) is 12.3 Å². The molecule has 1 aromatic heterocycles. The van der Waals surface area contributed by atoms with E-state index in [1.54, 1.807) is 0 Å². The van der Waals surface area contributed by atoms with Crippen molar-refractivity contribution in [3.05, 3.63) is 11.8 Å². The SMILES string of the molecule is C#CCC.COc1cc(N)c([Si](C)(C)C)nc1C(=O)O. The second-order valence-corrected chi connectivity index (χ2v) is 10.1. The van der Waals surface area contributed by atoms with E-state index in [-0.39, 0.29) is 11.4 Å². The number of anilines is 1. The van der Waals surface area contributed by atoms with Crippen molar-refractivity contribution in [3.8, 4) is 18.1 Å². The molecule has 0 aliphatic rings. The highest BCUT2D eigenvalue weighted by atomic mass is 28.3. The first-order chi connectivity index (χ1) is 9.18. The molecule has 0 amide bonds. The maximum Gasteiger partial charge on any atom is 0.358 e. The van der Waals surface area contributed by atoms with E-state index in [0.29, 0.717) is 11.0 Å². The average Bonchev–Trinajstić information content (AvgIpc) is 2.36. The largest absolute Gasteiger partial charge is 0.494 e. The summed E-state index contributed by atoms with van der Waals surface area (Å²) in [6.07, 6.45) is 5.62. The predicted molar refractivity (Wildman–Crippen MR) is 84.3 cm³/mol. The fourth-order valence-electron chi connectivity index (χ4n) is 1.42. The summed E-state index contributed by atoms with van der Waals surface area (Å²) in [4.78, 5) is 15.1. The van der Waals surface area contributed by atoms with Gasteiger partial charge in [-0.25, -0.2) is 9.78 Å². The second kappa shape index (κ2) is 7.55. The third kappa shape index (κ3) is 4.94. The van der Waals surface area contributed by atoms with Gasteiger partial charge in [0, 0.05) is 17.8 Å². The van der Waals surface area contributed by atoms with E-state index in [1.165, 1.54) is 13.2 Å². The lowest BCUT2D eigenvalue weighted by atomic mass is 10.3. The van der Waals surface area contributed by atoms with E-state index in [1.807, 2.05) is 6.92 Å². The van der Waals surface area contributed by atoms with Crippen LogP contribution >= 0.6 is 0 Å². The number of aromatic carboxylic acids is 1. The summed E-state index contributed by atoms with van der Waals surface area (Å²) in [5.74, 6) is 1.53. The molecule has 0 unspecified atom stereocenters. The van der Waals surface area contributed by atoms with Gasteiger partial charge in [-0.2, -0.15) is 0 Å². The molecular weight excluding hydrogens is 272 g/mol. The van der Waals surface area contributed by atoms with Crippen LogP contribution < -0.4 is 15.8 Å². The van der Waals surface area contributed by atoms with Gasteiger partial charge in [0.05, 0.1) is 12.8 Å². The number of nitrogens with two attached hydrogens (primary N) is 1. The summed E-state index contributed by atoms with van der Waals surface area (Å²) in [5, 5.41) is 9.71. The van der Waals surface area contributed by atoms with Crippen molar-refractivity contribution in [3.63, 3.8) is 0 Å². The van der Waals surface area contributed by atoms with Crippen LogP contribution in [-0.4, -0.2) is 31.2 Å². The van der Waals surface area contributed by atoms with Gasteiger partial charge in [-0.05, 0) is 0 Å². The monoisotopic (exact) mass is 294 g/mol. The van der Waals surface area contributed by atoms with Gasteiger partial charge >= 0.3 is 5.97 Å². The normalized spacial score (nSPS) is 10.0. The van der Waals surface area contributed by atoms with Crippen molar-refractivity contribution in [2.45, 2.75) is 33.0 Å². The van der Waals surface area contributed by atoms with Crippen LogP contribution in [0.3, 0.4) is 0 Å². The minimum absolute atomic E-state index is 0.0749. The van der Waals surface area contributed by atoms with E-state index in [0.717, 1.165) is 6.42 Å². The molecule has 0 aliphatic heterocycles. The van der Waals surface area contributed by atoms with Gasteiger partial charge in [0.2, 0.25) is 0 Å². The fraction of sp³-hybridized carbons (Fsp3) is 0.429. The number of rotatable bonds is 3. The molecule has 0 spiro atoms. The smallest absolute Gasteiger partial charge is 0.358 e. The number of carbonyl (C=O) groups is 1. The number of pyridine rings is 1. The molecule has 1 aromatic rings. The van der Waals surface area contributed by atoms with Gasteiger partial charge in [0.15, 0.2) is 11.4 Å². The highest BCUT2D eigenvalue weighted by molar-refractivity contribution is 6.89. The molecule has 1 rings (SSSR count). The molecule has 110 valence electrons. The van der Waals surface area contributed by atoms with Crippen molar-refractivity contribution in [1.82, 2.24) is 4.98 Å². The quantitative estimate of drug-likeness (QED) is 0.657. The number of nitrogens with zero attached hydrogens (tertiary/aromatic N) is 1. The van der Waals surface area contributed by atoms with Crippen molar-refractivity contribution in [1.29, 1.82) is 0 Å². The Labute approximate surface area is 121 Å². The first-order valence-electron chi connectivity index (χ1n) is 6.20. The summed E-state index contributed by atoms with van der Waals surface area (Å²) in [6.45, 7) is 8.12. The van der Waals surface area contributed by atoms with Gasteiger partial charge in [-0.3, -0.25) is 0 Å². The third-order valence-corrected chi connectivity index (χ3v) is 4.18. The Bertz CT molecular complexity index is 516. The Morgan fingerprint density at radius 1 is 1.55 bits per heavy atom.